The van der Waals surface area contributed by atoms with Crippen LogP contribution in [0.4, 0.5) is 0 Å². The Balaban J connectivity index is 0.000000217. The number of carbonyl (C=O) groups excluding carboxylic acids is 1. The van der Waals surface area contributed by atoms with Crippen LogP contribution in [0.25, 0.3) is 38.2 Å². The van der Waals surface area contributed by atoms with Crippen molar-refractivity contribution in [1.82, 2.24) is 14.4 Å². The first-order valence-corrected chi connectivity index (χ1v) is 13.8. The van der Waals surface area contributed by atoms with Crippen LogP contribution in [0.2, 0.25) is 0 Å². The molecule has 0 spiro atoms. The van der Waals surface area contributed by atoms with Crippen molar-refractivity contribution in [3.05, 3.63) is 65.8 Å². The number of fused-ring (bicyclic) bond motifs is 3. The largest absolute Gasteiger partial charge is 0.512 e. The van der Waals surface area contributed by atoms with Crippen molar-refractivity contribution < 1.29 is 30.0 Å². The molecule has 39 heavy (non-hydrogen) atoms. The molecule has 0 unspecified atom stereocenters. The van der Waals surface area contributed by atoms with Gasteiger partial charge >= 0.3 is 0 Å². The van der Waals surface area contributed by atoms with Crippen LogP contribution in [0.5, 0.6) is 0 Å². The Labute approximate surface area is 245 Å². The predicted octanol–water partition coefficient (Wildman–Crippen LogP) is 8.69. The number of ketones is 1. The van der Waals surface area contributed by atoms with Crippen LogP contribution in [-0.2, 0) is 24.9 Å². The van der Waals surface area contributed by atoms with Gasteiger partial charge in [-0.2, -0.15) is 0 Å². The smallest absolute Gasteiger partial charge is 0.164 e. The number of hydrogen-bond acceptors (Lipinski definition) is 4. The van der Waals surface area contributed by atoms with Gasteiger partial charge in [-0.15, -0.1) is 29.1 Å². The zero-order valence-electron chi connectivity index (χ0n) is 24.4. The molecule has 1 radical (unpaired) electrons. The number of rotatable bonds is 7. The van der Waals surface area contributed by atoms with Gasteiger partial charge in [0.25, 0.3) is 0 Å². The Morgan fingerprint density at radius 1 is 0.974 bits per heavy atom. The minimum atomic E-state index is -0.337. The number of nitrogens with zero attached hydrogens (tertiary/aromatic N) is 3. The molecule has 0 bridgehead atoms. The standard InChI is InChI=1S/C18H12N3.C15H28O2.Ir/c1-10-3-6-15-13(9-10)17-16-12(7-8-19-17)4-5-14-18(16)21(15)11(2)20-14;1-7-14(5,8-2)12(16)11-13(17)15(6,9-3)10-4;/h3-8H,1-2H3;11,16H,7-10H2,1-6H3;/q-1;;/b;12-11-;. The van der Waals surface area contributed by atoms with Gasteiger partial charge in [-0.05, 0) is 66.5 Å². The summed E-state index contributed by atoms with van der Waals surface area (Å²) < 4.78 is 2.23. The van der Waals surface area contributed by atoms with Crippen molar-refractivity contribution in [1.29, 1.82) is 0 Å². The average molecular weight is 703 g/mol. The zero-order chi connectivity index (χ0) is 27.8. The molecule has 3 aromatic heterocycles. The average Bonchev–Trinajstić information content (AvgIpc) is 3.28. The number of benzene rings is 2. The molecule has 0 aliphatic carbocycles. The second-order valence-corrected chi connectivity index (χ2v) is 11.0. The first-order valence-electron chi connectivity index (χ1n) is 13.8. The van der Waals surface area contributed by atoms with Gasteiger partial charge in [0.05, 0.1) is 11.0 Å². The number of pyridine rings is 2. The Morgan fingerprint density at radius 3 is 2.23 bits per heavy atom. The monoisotopic (exact) mass is 703 g/mol. The van der Waals surface area contributed by atoms with Crippen LogP contribution >= 0.6 is 0 Å². The fraction of sp³-hybridized carbons (Fsp3) is 0.424. The van der Waals surface area contributed by atoms with Crippen molar-refractivity contribution in [2.75, 3.05) is 0 Å². The number of imidazole rings is 1. The molecule has 6 heteroatoms. The third kappa shape index (κ3) is 5.34. The van der Waals surface area contributed by atoms with Crippen LogP contribution in [0.1, 0.15) is 78.6 Å². The van der Waals surface area contributed by atoms with Gasteiger partial charge in [-0.3, -0.25) is 4.79 Å². The summed E-state index contributed by atoms with van der Waals surface area (Å²) in [5, 5.41) is 13.6. The number of carbonyl (C=O) groups is 1. The summed E-state index contributed by atoms with van der Waals surface area (Å²) in [5.41, 5.74) is 4.86. The fourth-order valence-corrected chi connectivity index (χ4v) is 5.07. The maximum atomic E-state index is 12.2. The number of aliphatic hydroxyl groups is 1. The SMILES string of the molecule is CCC(C)(CC)C(=O)/C=C(\O)C(C)(CC)CC.Cc1[c-]c2c3nccc4ccc5nc(C)n(c2cc1)c5c43.[Ir]. The molecular weight excluding hydrogens is 663 g/mol. The summed E-state index contributed by atoms with van der Waals surface area (Å²) in [7, 11) is 0. The molecule has 5 aromatic rings. The van der Waals surface area contributed by atoms with Crippen LogP contribution in [0.3, 0.4) is 0 Å². The van der Waals surface area contributed by atoms with E-state index in [0.29, 0.717) is 0 Å². The normalized spacial score (nSPS) is 12.7. The summed E-state index contributed by atoms with van der Waals surface area (Å²) in [6.07, 6.45) is 6.63. The molecule has 0 saturated heterocycles. The first-order chi connectivity index (χ1) is 18.0. The van der Waals surface area contributed by atoms with E-state index in [9.17, 15) is 9.90 Å². The van der Waals surface area contributed by atoms with Gasteiger partial charge in [-0.25, -0.2) is 4.98 Å². The molecule has 5 nitrogen and oxygen atoms in total. The minimum Gasteiger partial charge on any atom is -0.512 e. The second kappa shape index (κ2) is 11.7. The third-order valence-electron chi connectivity index (χ3n) is 8.86. The van der Waals surface area contributed by atoms with Crippen LogP contribution < -0.4 is 0 Å². The van der Waals surface area contributed by atoms with E-state index >= 15 is 0 Å². The molecule has 5 rings (SSSR count). The molecule has 209 valence electrons. The van der Waals surface area contributed by atoms with Crippen LogP contribution in [0, 0.1) is 30.7 Å². The Kier molecular flexibility index (Phi) is 9.24. The van der Waals surface area contributed by atoms with E-state index in [1.807, 2.05) is 47.7 Å². The summed E-state index contributed by atoms with van der Waals surface area (Å²) in [5.74, 6) is 1.29. The maximum absolute atomic E-state index is 12.2. The van der Waals surface area contributed by atoms with E-state index in [-0.39, 0.29) is 42.5 Å². The van der Waals surface area contributed by atoms with Crippen molar-refractivity contribution in [3.8, 4) is 0 Å². The van der Waals surface area contributed by atoms with E-state index in [4.69, 9.17) is 4.98 Å². The van der Waals surface area contributed by atoms with Crippen molar-refractivity contribution in [2.45, 2.75) is 81.1 Å². The molecule has 0 saturated carbocycles. The van der Waals surface area contributed by atoms with Crippen LogP contribution in [-0.4, -0.2) is 25.3 Å². The third-order valence-corrected chi connectivity index (χ3v) is 8.86. The molecule has 0 amide bonds. The molecule has 0 atom stereocenters. The van der Waals surface area contributed by atoms with E-state index in [2.05, 4.69) is 59.6 Å². The van der Waals surface area contributed by atoms with Gasteiger partial charge in [0, 0.05) is 43.2 Å². The van der Waals surface area contributed by atoms with E-state index in [0.717, 1.165) is 64.5 Å². The van der Waals surface area contributed by atoms with Crippen molar-refractivity contribution in [3.63, 3.8) is 0 Å². The summed E-state index contributed by atoms with van der Waals surface area (Å²) in [6, 6.07) is 14.0. The maximum Gasteiger partial charge on any atom is 0.164 e. The number of aliphatic hydroxyl groups excluding tert-OH is 1. The Hall–Kier alpha value is -2.82. The Morgan fingerprint density at radius 2 is 1.62 bits per heavy atom. The first kappa shape index (κ1) is 30.7. The quantitative estimate of drug-likeness (QED) is 0.0606. The fourth-order valence-electron chi connectivity index (χ4n) is 5.07. The summed E-state index contributed by atoms with van der Waals surface area (Å²) in [4.78, 5) is 21.5. The summed E-state index contributed by atoms with van der Waals surface area (Å²) >= 11 is 0. The van der Waals surface area contributed by atoms with E-state index < -0.39 is 0 Å². The van der Waals surface area contributed by atoms with Gasteiger partial charge < -0.3 is 14.5 Å². The van der Waals surface area contributed by atoms with Gasteiger partial charge in [0.2, 0.25) is 0 Å². The van der Waals surface area contributed by atoms with Crippen LogP contribution in [0.15, 0.2) is 48.4 Å². The molecular formula is C33H40IrN3O2-. The van der Waals surface area contributed by atoms with Gasteiger partial charge in [0.1, 0.15) is 11.6 Å². The van der Waals surface area contributed by atoms with Crippen molar-refractivity contribution in [2.24, 2.45) is 10.8 Å². The van der Waals surface area contributed by atoms with E-state index in [1.165, 1.54) is 16.8 Å². The number of aryl methyl sites for hydroxylation is 2. The molecule has 2 aromatic carbocycles. The molecule has 0 aliphatic heterocycles. The predicted molar refractivity (Wildman–Crippen MR) is 158 cm³/mol. The zero-order valence-corrected chi connectivity index (χ0v) is 26.8. The number of hydrogen-bond donors (Lipinski definition) is 1. The van der Waals surface area contributed by atoms with E-state index in [1.54, 1.807) is 0 Å². The second-order valence-electron chi connectivity index (χ2n) is 11.0. The molecule has 0 fully saturated rings. The topological polar surface area (TPSA) is 67.5 Å². The Bertz CT molecular complexity index is 1640. The molecule has 1 N–H and O–H groups in total. The minimum absolute atomic E-state index is 0. The summed E-state index contributed by atoms with van der Waals surface area (Å²) in [6.45, 7) is 16.2. The van der Waals surface area contributed by atoms with Gasteiger partial charge in [-0.1, -0.05) is 54.5 Å². The van der Waals surface area contributed by atoms with Gasteiger partial charge in [0.15, 0.2) is 5.78 Å². The molecule has 3 heterocycles. The number of allylic oxidation sites excluding steroid dienone is 2. The molecule has 0 aliphatic rings. The number of aromatic nitrogens is 3. The van der Waals surface area contributed by atoms with Crippen molar-refractivity contribution >= 4 is 44.0 Å².